The molecule has 0 amide bonds. The van der Waals surface area contributed by atoms with Gasteiger partial charge in [0, 0.05) is 26.1 Å². The van der Waals surface area contributed by atoms with Crippen molar-refractivity contribution in [1.29, 1.82) is 0 Å². The van der Waals surface area contributed by atoms with Gasteiger partial charge in [0.15, 0.2) is 0 Å². The zero-order chi connectivity index (χ0) is 12.0. The quantitative estimate of drug-likeness (QED) is 0.765. The van der Waals surface area contributed by atoms with E-state index in [0.29, 0.717) is 12.4 Å². The minimum Gasteiger partial charge on any atom is -0.384 e. The molecular formula is C11H20N4O. The van der Waals surface area contributed by atoms with Crippen LogP contribution < -0.4 is 11.1 Å². The summed E-state index contributed by atoms with van der Waals surface area (Å²) < 4.78 is 5.14. The second kappa shape index (κ2) is 6.27. The van der Waals surface area contributed by atoms with Crippen LogP contribution in [-0.2, 0) is 11.2 Å². The summed E-state index contributed by atoms with van der Waals surface area (Å²) in [5, 5.41) is 3.18. The number of rotatable bonds is 6. The van der Waals surface area contributed by atoms with Gasteiger partial charge >= 0.3 is 0 Å². The molecule has 16 heavy (non-hydrogen) atoms. The van der Waals surface area contributed by atoms with Crippen LogP contribution in [0.4, 0.5) is 11.6 Å². The van der Waals surface area contributed by atoms with E-state index in [2.05, 4.69) is 22.2 Å². The van der Waals surface area contributed by atoms with Crippen molar-refractivity contribution in [2.45, 2.75) is 32.8 Å². The first-order valence-electron chi connectivity index (χ1n) is 5.55. The molecule has 1 rings (SSSR count). The lowest BCUT2D eigenvalue weighted by molar-refractivity contribution is 0.128. The summed E-state index contributed by atoms with van der Waals surface area (Å²) in [6, 6.07) is 1.74. The molecule has 0 spiro atoms. The van der Waals surface area contributed by atoms with Crippen molar-refractivity contribution in [3.63, 3.8) is 0 Å². The Labute approximate surface area is 96.4 Å². The van der Waals surface area contributed by atoms with E-state index in [0.717, 1.165) is 24.5 Å². The van der Waals surface area contributed by atoms with Crippen molar-refractivity contribution in [1.82, 2.24) is 9.97 Å². The average molecular weight is 224 g/mol. The standard InChI is InChI=1S/C11H20N4O/c1-4-5-10-14-9(12)6-11(15-10)13-7-8(2)16-3/h6,8H,4-5,7H2,1-3H3,(H3,12,13,14,15). The Bertz CT molecular complexity index is 330. The Morgan fingerprint density at radius 3 is 2.88 bits per heavy atom. The Morgan fingerprint density at radius 1 is 1.50 bits per heavy atom. The molecule has 90 valence electrons. The second-order valence-electron chi connectivity index (χ2n) is 3.77. The van der Waals surface area contributed by atoms with Crippen molar-refractivity contribution in [3.8, 4) is 0 Å². The highest BCUT2D eigenvalue weighted by atomic mass is 16.5. The van der Waals surface area contributed by atoms with Gasteiger partial charge in [-0.1, -0.05) is 6.92 Å². The third-order valence-corrected chi connectivity index (χ3v) is 2.24. The molecule has 1 heterocycles. The van der Waals surface area contributed by atoms with Crippen LogP contribution in [0.15, 0.2) is 6.07 Å². The SMILES string of the molecule is CCCc1nc(N)cc(NCC(C)OC)n1. The van der Waals surface area contributed by atoms with E-state index >= 15 is 0 Å². The molecule has 3 N–H and O–H groups in total. The third kappa shape index (κ3) is 4.02. The summed E-state index contributed by atoms with van der Waals surface area (Å²) in [6.45, 7) is 4.79. The van der Waals surface area contributed by atoms with Crippen molar-refractivity contribution in [3.05, 3.63) is 11.9 Å². The number of nitrogens with one attached hydrogen (secondary N) is 1. The molecule has 0 aromatic carbocycles. The fourth-order valence-corrected chi connectivity index (χ4v) is 1.28. The number of ether oxygens (including phenoxy) is 1. The fourth-order valence-electron chi connectivity index (χ4n) is 1.28. The van der Waals surface area contributed by atoms with E-state index in [9.17, 15) is 0 Å². The molecule has 1 atom stereocenters. The van der Waals surface area contributed by atoms with E-state index in [1.807, 2.05) is 6.92 Å². The van der Waals surface area contributed by atoms with Gasteiger partial charge in [0.05, 0.1) is 6.10 Å². The molecule has 0 aliphatic rings. The first kappa shape index (κ1) is 12.7. The second-order valence-corrected chi connectivity index (χ2v) is 3.77. The maximum atomic E-state index is 5.71. The summed E-state index contributed by atoms with van der Waals surface area (Å²) in [6.07, 6.45) is 2.00. The molecule has 1 aromatic rings. The van der Waals surface area contributed by atoms with Crippen molar-refractivity contribution in [2.24, 2.45) is 0 Å². The number of hydrogen-bond acceptors (Lipinski definition) is 5. The Morgan fingerprint density at radius 2 is 2.25 bits per heavy atom. The summed E-state index contributed by atoms with van der Waals surface area (Å²) >= 11 is 0. The van der Waals surface area contributed by atoms with Crippen LogP contribution in [0, 0.1) is 0 Å². The number of hydrogen-bond donors (Lipinski definition) is 2. The first-order chi connectivity index (χ1) is 7.65. The highest BCUT2D eigenvalue weighted by Crippen LogP contribution is 2.09. The molecule has 0 aliphatic carbocycles. The Hall–Kier alpha value is -1.36. The van der Waals surface area contributed by atoms with Gasteiger partial charge in [-0.05, 0) is 13.3 Å². The maximum absolute atomic E-state index is 5.71. The summed E-state index contributed by atoms with van der Waals surface area (Å²) in [4.78, 5) is 8.54. The predicted octanol–water partition coefficient (Wildman–Crippen LogP) is 1.46. The monoisotopic (exact) mass is 224 g/mol. The number of aryl methyl sites for hydroxylation is 1. The van der Waals surface area contributed by atoms with E-state index in [-0.39, 0.29) is 6.10 Å². The molecule has 1 aromatic heterocycles. The maximum Gasteiger partial charge on any atom is 0.133 e. The van der Waals surface area contributed by atoms with Gasteiger partial charge < -0.3 is 15.8 Å². The number of methoxy groups -OCH3 is 1. The van der Waals surface area contributed by atoms with Crippen LogP contribution in [0.25, 0.3) is 0 Å². The molecule has 0 saturated heterocycles. The lowest BCUT2D eigenvalue weighted by Gasteiger charge is -2.12. The summed E-state index contributed by atoms with van der Waals surface area (Å²) in [5.74, 6) is 2.06. The van der Waals surface area contributed by atoms with Crippen LogP contribution in [0.3, 0.4) is 0 Å². The zero-order valence-corrected chi connectivity index (χ0v) is 10.2. The highest BCUT2D eigenvalue weighted by Gasteiger charge is 2.03. The number of nitrogens with zero attached hydrogens (tertiary/aromatic N) is 2. The topological polar surface area (TPSA) is 73.1 Å². The van der Waals surface area contributed by atoms with E-state index in [4.69, 9.17) is 10.5 Å². The Kier molecular flexibility index (Phi) is 4.98. The lowest BCUT2D eigenvalue weighted by Crippen LogP contribution is -2.19. The van der Waals surface area contributed by atoms with Gasteiger partial charge in [0.1, 0.15) is 17.5 Å². The van der Waals surface area contributed by atoms with Gasteiger partial charge in [0.2, 0.25) is 0 Å². The van der Waals surface area contributed by atoms with Gasteiger partial charge in [-0.3, -0.25) is 0 Å². The van der Waals surface area contributed by atoms with Gasteiger partial charge in [-0.15, -0.1) is 0 Å². The number of nitrogens with two attached hydrogens (primary N) is 1. The first-order valence-corrected chi connectivity index (χ1v) is 5.55. The molecule has 5 heteroatoms. The molecule has 0 bridgehead atoms. The molecule has 0 fully saturated rings. The van der Waals surface area contributed by atoms with Gasteiger partial charge in [-0.25, -0.2) is 9.97 Å². The minimum absolute atomic E-state index is 0.144. The molecule has 1 unspecified atom stereocenters. The van der Waals surface area contributed by atoms with Crippen LogP contribution in [0.5, 0.6) is 0 Å². The highest BCUT2D eigenvalue weighted by molar-refractivity contribution is 5.44. The number of anilines is 2. The van der Waals surface area contributed by atoms with Gasteiger partial charge in [-0.2, -0.15) is 0 Å². The molecular weight excluding hydrogens is 204 g/mol. The van der Waals surface area contributed by atoms with E-state index < -0.39 is 0 Å². The van der Waals surface area contributed by atoms with E-state index in [1.54, 1.807) is 13.2 Å². The zero-order valence-electron chi connectivity index (χ0n) is 10.2. The smallest absolute Gasteiger partial charge is 0.133 e. The Balaban J connectivity index is 2.64. The largest absolute Gasteiger partial charge is 0.384 e. The molecule has 0 radical (unpaired) electrons. The van der Waals surface area contributed by atoms with Crippen molar-refractivity contribution < 1.29 is 4.74 Å². The van der Waals surface area contributed by atoms with Crippen LogP contribution >= 0.6 is 0 Å². The normalized spacial score (nSPS) is 12.4. The van der Waals surface area contributed by atoms with E-state index in [1.165, 1.54) is 0 Å². The summed E-state index contributed by atoms with van der Waals surface area (Å²) in [7, 11) is 1.68. The van der Waals surface area contributed by atoms with Gasteiger partial charge in [0.25, 0.3) is 0 Å². The predicted molar refractivity (Wildman–Crippen MR) is 65.4 cm³/mol. The average Bonchev–Trinajstić information content (AvgIpc) is 2.25. The number of nitrogen functional groups attached to an aromatic ring is 1. The fraction of sp³-hybridized carbons (Fsp3) is 0.636. The summed E-state index contributed by atoms with van der Waals surface area (Å²) in [5.41, 5.74) is 5.71. The van der Waals surface area contributed by atoms with Crippen LogP contribution in [0.2, 0.25) is 0 Å². The third-order valence-electron chi connectivity index (χ3n) is 2.24. The lowest BCUT2D eigenvalue weighted by atomic mass is 10.3. The molecule has 0 saturated carbocycles. The van der Waals surface area contributed by atoms with Crippen LogP contribution in [-0.4, -0.2) is 29.7 Å². The van der Waals surface area contributed by atoms with Crippen molar-refractivity contribution >= 4 is 11.6 Å². The molecule has 5 nitrogen and oxygen atoms in total. The molecule has 0 aliphatic heterocycles. The van der Waals surface area contributed by atoms with Crippen molar-refractivity contribution in [2.75, 3.05) is 24.7 Å². The number of aromatic nitrogens is 2. The minimum atomic E-state index is 0.144. The van der Waals surface area contributed by atoms with Crippen LogP contribution in [0.1, 0.15) is 26.1 Å².